The summed E-state index contributed by atoms with van der Waals surface area (Å²) in [5, 5.41) is 12.1. The van der Waals surface area contributed by atoms with E-state index in [9.17, 15) is 0 Å². The van der Waals surface area contributed by atoms with E-state index in [2.05, 4.69) is 199 Å². The van der Waals surface area contributed by atoms with Crippen molar-refractivity contribution in [2.45, 2.75) is 0 Å². The van der Waals surface area contributed by atoms with Crippen LogP contribution in [-0.2, 0) is 0 Å². The van der Waals surface area contributed by atoms with Gasteiger partial charge in [0.2, 0.25) is 0 Å². The maximum atomic E-state index is 6.60. The molecule has 0 N–H and O–H groups in total. The largest absolute Gasteiger partial charge is 0.456 e. The molecule has 0 aliphatic carbocycles. The van der Waals surface area contributed by atoms with Gasteiger partial charge in [-0.25, -0.2) is 0 Å². The van der Waals surface area contributed by atoms with Gasteiger partial charge in [0, 0.05) is 59.2 Å². The highest BCUT2D eigenvalue weighted by molar-refractivity contribution is 7.25. The Morgan fingerprint density at radius 2 is 0.982 bits per heavy atom. The smallest absolute Gasteiger partial charge is 0.137 e. The van der Waals surface area contributed by atoms with Gasteiger partial charge in [-0.05, 0) is 80.5 Å². The van der Waals surface area contributed by atoms with Gasteiger partial charge < -0.3 is 9.32 Å². The molecule has 2 nitrogen and oxygen atoms in total. The molecule has 0 amide bonds. The Labute approximate surface area is 333 Å². The first kappa shape index (κ1) is 32.1. The topological polar surface area (TPSA) is 16.4 Å². The molecule has 12 rings (SSSR count). The van der Waals surface area contributed by atoms with E-state index in [1.807, 2.05) is 17.4 Å². The lowest BCUT2D eigenvalue weighted by atomic mass is 9.88. The fraction of sp³-hybridized carbons (Fsp3) is 0. The fourth-order valence-electron chi connectivity index (χ4n) is 9.04. The lowest BCUT2D eigenvalue weighted by Crippen LogP contribution is -2.13. The summed E-state index contributed by atoms with van der Waals surface area (Å²) < 4.78 is 9.19. The normalized spacial score (nSPS) is 11.9. The molecule has 0 saturated heterocycles. The molecule has 266 valence electrons. The number of thiophene rings is 1. The molecule has 0 spiro atoms. The van der Waals surface area contributed by atoms with Crippen LogP contribution in [0.2, 0.25) is 0 Å². The summed E-state index contributed by atoms with van der Waals surface area (Å²) >= 11 is 1.86. The molecule has 10 aromatic carbocycles. The monoisotopic (exact) mass is 743 g/mol. The standard InChI is InChI=1S/C54H33NOS/c1-2-14-35-31-37(26-25-34(35)13-1)53-46-20-5-3-16-40(46)41-17-4-6-21-47(41)54(53)55(38-28-30-43-42-18-8-11-23-49(42)56-50(43)33-38)48-22-10-7-15-39(48)36-27-29-45-44-19-9-12-24-51(44)57-52(45)32-36/h1-33H. The molecule has 12 aromatic rings. The summed E-state index contributed by atoms with van der Waals surface area (Å²) in [5.41, 5.74) is 9.70. The molecule has 2 heterocycles. The number of rotatable bonds is 5. The Morgan fingerprint density at radius 3 is 1.86 bits per heavy atom. The molecule has 0 unspecified atom stereocenters. The van der Waals surface area contributed by atoms with Gasteiger partial charge in [0.05, 0.1) is 11.4 Å². The first-order valence-electron chi connectivity index (χ1n) is 19.4. The summed E-state index contributed by atoms with van der Waals surface area (Å²) in [6, 6.07) is 73.0. The highest BCUT2D eigenvalue weighted by atomic mass is 32.1. The fourth-order valence-corrected chi connectivity index (χ4v) is 10.2. The SMILES string of the molecule is c1ccc(N(c2ccc3c(c2)oc2ccccc23)c2c(-c3ccc4ccccc4c3)c3ccccc3c3ccccc23)c(-c2ccc3c(c2)sc2ccccc23)c1. The first-order valence-corrected chi connectivity index (χ1v) is 20.2. The summed E-state index contributed by atoms with van der Waals surface area (Å²) in [4.78, 5) is 2.50. The zero-order valence-electron chi connectivity index (χ0n) is 30.8. The van der Waals surface area contributed by atoms with Crippen LogP contribution in [0.25, 0.3) is 96.7 Å². The lowest BCUT2D eigenvalue weighted by molar-refractivity contribution is 0.669. The van der Waals surface area contributed by atoms with Crippen LogP contribution >= 0.6 is 11.3 Å². The minimum atomic E-state index is 0.861. The molecule has 2 aromatic heterocycles. The van der Waals surface area contributed by atoms with Gasteiger partial charge in [-0.2, -0.15) is 0 Å². The third kappa shape index (κ3) is 5.03. The number of benzene rings is 10. The van der Waals surface area contributed by atoms with Crippen molar-refractivity contribution in [3.05, 3.63) is 200 Å². The maximum absolute atomic E-state index is 6.60. The minimum Gasteiger partial charge on any atom is -0.456 e. The first-order chi connectivity index (χ1) is 28.3. The summed E-state index contributed by atoms with van der Waals surface area (Å²) in [5.74, 6) is 0. The number of anilines is 3. The average molecular weight is 744 g/mol. The van der Waals surface area contributed by atoms with Crippen LogP contribution < -0.4 is 4.90 Å². The highest BCUT2D eigenvalue weighted by Gasteiger charge is 2.26. The van der Waals surface area contributed by atoms with Crippen molar-refractivity contribution in [1.29, 1.82) is 0 Å². The minimum absolute atomic E-state index is 0.861. The Hall–Kier alpha value is -7.20. The lowest BCUT2D eigenvalue weighted by Gasteiger charge is -2.32. The molecule has 0 fully saturated rings. The van der Waals surface area contributed by atoms with Crippen LogP contribution in [-0.4, -0.2) is 0 Å². The Kier molecular flexibility index (Phi) is 7.13. The third-order valence-corrected chi connectivity index (χ3v) is 12.8. The van der Waals surface area contributed by atoms with E-state index in [1.54, 1.807) is 0 Å². The van der Waals surface area contributed by atoms with Gasteiger partial charge in [-0.1, -0.05) is 152 Å². The summed E-state index contributed by atoms with van der Waals surface area (Å²) in [7, 11) is 0. The van der Waals surface area contributed by atoms with Crippen LogP contribution in [0.3, 0.4) is 0 Å². The second kappa shape index (κ2) is 12.7. The van der Waals surface area contributed by atoms with Crippen LogP contribution in [0.1, 0.15) is 0 Å². The van der Waals surface area contributed by atoms with Crippen molar-refractivity contribution in [2.75, 3.05) is 4.90 Å². The number of para-hydroxylation sites is 2. The third-order valence-electron chi connectivity index (χ3n) is 11.6. The highest BCUT2D eigenvalue weighted by Crippen LogP contribution is 2.52. The van der Waals surface area contributed by atoms with Crippen molar-refractivity contribution in [1.82, 2.24) is 0 Å². The Balaban J connectivity index is 1.21. The zero-order valence-corrected chi connectivity index (χ0v) is 31.6. The Morgan fingerprint density at radius 1 is 0.368 bits per heavy atom. The van der Waals surface area contributed by atoms with E-state index < -0.39 is 0 Å². The predicted molar refractivity (Wildman–Crippen MR) is 245 cm³/mol. The van der Waals surface area contributed by atoms with Crippen molar-refractivity contribution in [3.63, 3.8) is 0 Å². The molecule has 0 aliphatic rings. The zero-order chi connectivity index (χ0) is 37.5. The van der Waals surface area contributed by atoms with E-state index >= 15 is 0 Å². The van der Waals surface area contributed by atoms with E-state index in [4.69, 9.17) is 4.42 Å². The average Bonchev–Trinajstić information content (AvgIpc) is 3.84. The molecule has 0 saturated carbocycles. The van der Waals surface area contributed by atoms with Gasteiger partial charge in [-0.15, -0.1) is 11.3 Å². The van der Waals surface area contributed by atoms with Crippen LogP contribution in [0, 0.1) is 0 Å². The van der Waals surface area contributed by atoms with E-state index in [0.717, 1.165) is 44.6 Å². The molecule has 3 heteroatoms. The second-order valence-corrected chi connectivity index (χ2v) is 15.9. The summed E-state index contributed by atoms with van der Waals surface area (Å²) in [6.45, 7) is 0. The van der Waals surface area contributed by atoms with Crippen molar-refractivity contribution in [3.8, 4) is 22.3 Å². The molecular formula is C54H33NOS. The van der Waals surface area contributed by atoms with Gasteiger partial charge in [0.1, 0.15) is 11.2 Å². The number of nitrogens with zero attached hydrogens (tertiary/aromatic N) is 1. The van der Waals surface area contributed by atoms with Gasteiger partial charge in [-0.3, -0.25) is 0 Å². The van der Waals surface area contributed by atoms with E-state index in [1.165, 1.54) is 69.2 Å². The quantitative estimate of drug-likeness (QED) is 0.163. The molecular weight excluding hydrogens is 711 g/mol. The van der Waals surface area contributed by atoms with Crippen LogP contribution in [0.15, 0.2) is 205 Å². The number of fused-ring (bicyclic) bond motifs is 10. The van der Waals surface area contributed by atoms with E-state index in [-0.39, 0.29) is 0 Å². The van der Waals surface area contributed by atoms with Gasteiger partial charge in [0.25, 0.3) is 0 Å². The number of furan rings is 1. The Bertz CT molecular complexity index is 3550. The second-order valence-electron chi connectivity index (χ2n) is 14.8. The van der Waals surface area contributed by atoms with E-state index in [0.29, 0.717) is 0 Å². The van der Waals surface area contributed by atoms with Crippen LogP contribution in [0.5, 0.6) is 0 Å². The number of hydrogen-bond acceptors (Lipinski definition) is 3. The molecule has 0 aliphatic heterocycles. The molecule has 0 atom stereocenters. The van der Waals surface area contributed by atoms with Crippen molar-refractivity contribution in [2.24, 2.45) is 0 Å². The van der Waals surface area contributed by atoms with Gasteiger partial charge in [0.15, 0.2) is 0 Å². The van der Waals surface area contributed by atoms with Crippen LogP contribution in [0.4, 0.5) is 17.1 Å². The maximum Gasteiger partial charge on any atom is 0.137 e. The summed E-state index contributed by atoms with van der Waals surface area (Å²) in [6.07, 6.45) is 0. The predicted octanol–water partition coefficient (Wildman–Crippen LogP) is 16.2. The van der Waals surface area contributed by atoms with Gasteiger partial charge >= 0.3 is 0 Å². The van der Waals surface area contributed by atoms with Crippen molar-refractivity contribution < 1.29 is 4.42 Å². The number of hydrogen-bond donors (Lipinski definition) is 0. The molecule has 57 heavy (non-hydrogen) atoms. The van der Waals surface area contributed by atoms with Crippen molar-refractivity contribution >= 4 is 103 Å². The molecule has 0 bridgehead atoms. The molecule has 0 radical (unpaired) electrons.